The molecule has 0 radical (unpaired) electrons. The summed E-state index contributed by atoms with van der Waals surface area (Å²) in [6.07, 6.45) is 5.18. The van der Waals surface area contributed by atoms with Crippen molar-refractivity contribution in [2.45, 2.75) is 32.2 Å². The first-order valence-corrected chi connectivity index (χ1v) is 5.82. The summed E-state index contributed by atoms with van der Waals surface area (Å²) in [5.41, 5.74) is 0.523. The molecule has 0 bridgehead atoms. The number of nitrogens with one attached hydrogen (secondary N) is 2. The van der Waals surface area contributed by atoms with Crippen LogP contribution in [0.2, 0.25) is 0 Å². The van der Waals surface area contributed by atoms with Crippen LogP contribution in [0.5, 0.6) is 0 Å². The maximum absolute atomic E-state index is 11.6. The molecule has 0 aromatic carbocycles. The Morgan fingerprint density at radius 3 is 2.78 bits per heavy atom. The second-order valence-corrected chi connectivity index (χ2v) is 4.03. The lowest BCUT2D eigenvalue weighted by Gasteiger charge is -2.14. The highest BCUT2D eigenvalue weighted by atomic mass is 16.4. The summed E-state index contributed by atoms with van der Waals surface area (Å²) in [6, 6.07) is -1.40. The number of anilines is 1. The van der Waals surface area contributed by atoms with Gasteiger partial charge in [0.2, 0.25) is 0 Å². The molecule has 0 aliphatic rings. The summed E-state index contributed by atoms with van der Waals surface area (Å²) >= 11 is 0. The third-order valence-corrected chi connectivity index (χ3v) is 2.41. The molecule has 1 rings (SSSR count). The van der Waals surface area contributed by atoms with Gasteiger partial charge in [-0.05, 0) is 6.42 Å². The van der Waals surface area contributed by atoms with Crippen LogP contribution in [0.3, 0.4) is 0 Å². The van der Waals surface area contributed by atoms with Crippen molar-refractivity contribution in [2.24, 2.45) is 7.05 Å². The molecular formula is C11H18N4O3. The average Bonchev–Trinajstić information content (AvgIpc) is 2.69. The third-order valence-electron chi connectivity index (χ3n) is 2.41. The van der Waals surface area contributed by atoms with Crippen LogP contribution in [-0.4, -0.2) is 32.9 Å². The maximum Gasteiger partial charge on any atom is 0.326 e. The Balaban J connectivity index is 2.48. The van der Waals surface area contributed by atoms with Crippen LogP contribution in [0.4, 0.5) is 10.5 Å². The highest BCUT2D eigenvalue weighted by molar-refractivity contribution is 5.91. The molecule has 18 heavy (non-hydrogen) atoms. The van der Waals surface area contributed by atoms with Crippen molar-refractivity contribution in [3.05, 3.63) is 12.4 Å². The van der Waals surface area contributed by atoms with Gasteiger partial charge in [0.15, 0.2) is 0 Å². The second kappa shape index (κ2) is 6.63. The van der Waals surface area contributed by atoms with Crippen molar-refractivity contribution in [1.82, 2.24) is 15.1 Å². The Labute approximate surface area is 105 Å². The molecule has 0 aliphatic carbocycles. The van der Waals surface area contributed by atoms with E-state index in [4.69, 9.17) is 5.11 Å². The van der Waals surface area contributed by atoms with Gasteiger partial charge in [0.1, 0.15) is 6.04 Å². The number of nitrogens with zero attached hydrogens (tertiary/aromatic N) is 2. The molecule has 0 saturated carbocycles. The maximum atomic E-state index is 11.6. The lowest BCUT2D eigenvalue weighted by atomic mass is 10.1. The van der Waals surface area contributed by atoms with Gasteiger partial charge in [-0.3, -0.25) is 4.68 Å². The van der Waals surface area contributed by atoms with E-state index in [1.54, 1.807) is 17.9 Å². The number of carbonyl (C=O) groups excluding carboxylic acids is 1. The molecule has 0 spiro atoms. The summed E-state index contributed by atoms with van der Waals surface area (Å²) in [6.45, 7) is 1.97. The number of aryl methyl sites for hydroxylation is 1. The lowest BCUT2D eigenvalue weighted by Crippen LogP contribution is -2.42. The third kappa shape index (κ3) is 4.44. The molecule has 1 atom stereocenters. The van der Waals surface area contributed by atoms with Crippen LogP contribution in [-0.2, 0) is 11.8 Å². The zero-order valence-corrected chi connectivity index (χ0v) is 10.5. The minimum atomic E-state index is -1.02. The molecule has 0 aliphatic heterocycles. The molecule has 0 fully saturated rings. The molecule has 1 heterocycles. The van der Waals surface area contributed by atoms with E-state index in [0.717, 1.165) is 12.8 Å². The van der Waals surface area contributed by atoms with Crippen molar-refractivity contribution < 1.29 is 14.7 Å². The van der Waals surface area contributed by atoms with E-state index >= 15 is 0 Å². The standard InChI is InChI=1S/C11H18N4O3/c1-3-4-5-9(10(16)17)14-11(18)13-8-6-12-15(2)7-8/h6-7,9H,3-5H2,1-2H3,(H,16,17)(H2,13,14,18). The number of carboxylic acid groups (broad SMARTS) is 1. The van der Waals surface area contributed by atoms with Crippen LogP contribution >= 0.6 is 0 Å². The predicted molar refractivity (Wildman–Crippen MR) is 66.3 cm³/mol. The number of amides is 2. The van der Waals surface area contributed by atoms with Crippen LogP contribution in [0, 0.1) is 0 Å². The van der Waals surface area contributed by atoms with Crippen molar-refractivity contribution in [3.63, 3.8) is 0 Å². The first-order chi connectivity index (χ1) is 8.52. The van der Waals surface area contributed by atoms with E-state index in [9.17, 15) is 9.59 Å². The Hall–Kier alpha value is -2.05. The minimum Gasteiger partial charge on any atom is -0.480 e. The van der Waals surface area contributed by atoms with Crippen LogP contribution < -0.4 is 10.6 Å². The van der Waals surface area contributed by atoms with Gasteiger partial charge in [-0.25, -0.2) is 9.59 Å². The summed E-state index contributed by atoms with van der Waals surface area (Å²) in [7, 11) is 1.73. The predicted octanol–water partition coefficient (Wildman–Crippen LogP) is 1.18. The Morgan fingerprint density at radius 2 is 2.28 bits per heavy atom. The number of urea groups is 1. The summed E-state index contributed by atoms with van der Waals surface area (Å²) < 4.78 is 1.54. The zero-order chi connectivity index (χ0) is 13.5. The molecular weight excluding hydrogens is 236 g/mol. The van der Waals surface area contributed by atoms with Crippen LogP contribution in [0.1, 0.15) is 26.2 Å². The van der Waals surface area contributed by atoms with E-state index in [1.807, 2.05) is 6.92 Å². The number of hydrogen-bond donors (Lipinski definition) is 3. The van der Waals surface area contributed by atoms with Gasteiger partial charge in [-0.15, -0.1) is 0 Å². The van der Waals surface area contributed by atoms with E-state index < -0.39 is 18.0 Å². The van der Waals surface area contributed by atoms with Crippen LogP contribution in [0.15, 0.2) is 12.4 Å². The fourth-order valence-electron chi connectivity index (χ4n) is 1.48. The molecule has 1 aromatic rings. The van der Waals surface area contributed by atoms with E-state index in [2.05, 4.69) is 15.7 Å². The van der Waals surface area contributed by atoms with Crippen LogP contribution in [0.25, 0.3) is 0 Å². The minimum absolute atomic E-state index is 0.423. The second-order valence-electron chi connectivity index (χ2n) is 4.03. The number of carbonyl (C=O) groups is 2. The summed E-state index contributed by atoms with van der Waals surface area (Å²) in [5.74, 6) is -1.02. The van der Waals surface area contributed by atoms with Gasteiger partial charge in [0.25, 0.3) is 0 Å². The summed E-state index contributed by atoms with van der Waals surface area (Å²) in [5, 5.41) is 17.8. The van der Waals surface area contributed by atoms with E-state index in [-0.39, 0.29) is 0 Å². The molecule has 1 aromatic heterocycles. The molecule has 7 heteroatoms. The first kappa shape index (κ1) is 14.0. The number of unbranched alkanes of at least 4 members (excludes halogenated alkanes) is 1. The first-order valence-electron chi connectivity index (χ1n) is 5.82. The zero-order valence-electron chi connectivity index (χ0n) is 10.5. The Bertz CT molecular complexity index is 416. The van der Waals surface area contributed by atoms with Crippen molar-refractivity contribution in [2.75, 3.05) is 5.32 Å². The Kier molecular flexibility index (Phi) is 5.16. The van der Waals surface area contributed by atoms with Gasteiger partial charge in [0.05, 0.1) is 11.9 Å². The smallest absolute Gasteiger partial charge is 0.326 e. The molecule has 1 unspecified atom stereocenters. The van der Waals surface area contributed by atoms with Gasteiger partial charge in [0, 0.05) is 13.2 Å². The van der Waals surface area contributed by atoms with Crippen molar-refractivity contribution in [3.8, 4) is 0 Å². The molecule has 2 amide bonds. The number of aliphatic carboxylic acids is 1. The fraction of sp³-hybridized carbons (Fsp3) is 0.545. The number of hydrogen-bond acceptors (Lipinski definition) is 3. The quantitative estimate of drug-likeness (QED) is 0.710. The molecule has 3 N–H and O–H groups in total. The largest absolute Gasteiger partial charge is 0.480 e. The highest BCUT2D eigenvalue weighted by Crippen LogP contribution is 2.04. The highest BCUT2D eigenvalue weighted by Gasteiger charge is 2.19. The average molecular weight is 254 g/mol. The number of rotatable bonds is 6. The van der Waals surface area contributed by atoms with Crippen molar-refractivity contribution >= 4 is 17.7 Å². The number of carboxylic acids is 1. The monoisotopic (exact) mass is 254 g/mol. The molecule has 7 nitrogen and oxygen atoms in total. The normalized spacial score (nSPS) is 11.9. The van der Waals surface area contributed by atoms with Gasteiger partial charge >= 0.3 is 12.0 Å². The lowest BCUT2D eigenvalue weighted by molar-refractivity contribution is -0.139. The van der Waals surface area contributed by atoms with E-state index in [1.165, 1.54) is 6.20 Å². The fourth-order valence-corrected chi connectivity index (χ4v) is 1.48. The van der Waals surface area contributed by atoms with Crippen molar-refractivity contribution in [1.29, 1.82) is 0 Å². The van der Waals surface area contributed by atoms with E-state index in [0.29, 0.717) is 12.1 Å². The molecule has 0 saturated heterocycles. The summed E-state index contributed by atoms with van der Waals surface area (Å²) in [4.78, 5) is 22.5. The SMILES string of the molecule is CCCCC(NC(=O)Nc1cnn(C)c1)C(=O)O. The molecule has 100 valence electrons. The number of aromatic nitrogens is 2. The van der Waals surface area contributed by atoms with Gasteiger partial charge < -0.3 is 15.7 Å². The topological polar surface area (TPSA) is 96.3 Å². The van der Waals surface area contributed by atoms with Gasteiger partial charge in [-0.1, -0.05) is 19.8 Å². The Morgan fingerprint density at radius 1 is 1.56 bits per heavy atom. The van der Waals surface area contributed by atoms with Gasteiger partial charge in [-0.2, -0.15) is 5.10 Å².